The van der Waals surface area contributed by atoms with Gasteiger partial charge in [-0.25, -0.2) is 0 Å². The van der Waals surface area contributed by atoms with E-state index >= 15 is 0 Å². The zero-order valence-electron chi connectivity index (χ0n) is 15.3. The smallest absolute Gasteiger partial charge is 0.0157 e. The Morgan fingerprint density at radius 1 is 1.10 bits per heavy atom. The van der Waals surface area contributed by atoms with Crippen LogP contribution in [-0.4, -0.2) is 0 Å². The molecular formula is C21H36. The summed E-state index contributed by atoms with van der Waals surface area (Å²) in [5.74, 6) is 0. The predicted octanol–water partition coefficient (Wildman–Crippen LogP) is 7.59. The topological polar surface area (TPSA) is 0 Å². The molecule has 1 aliphatic carbocycles. The molecule has 0 atom stereocenters. The number of allylic oxidation sites excluding steroid dienone is 11. The van der Waals surface area contributed by atoms with Gasteiger partial charge < -0.3 is 0 Å². The number of rotatable bonds is 4. The van der Waals surface area contributed by atoms with E-state index in [1.807, 2.05) is 53.7 Å². The van der Waals surface area contributed by atoms with E-state index in [-0.39, 0.29) is 0 Å². The Morgan fingerprint density at radius 3 is 2.24 bits per heavy atom. The van der Waals surface area contributed by atoms with Crippen LogP contribution in [0, 0.1) is 0 Å². The van der Waals surface area contributed by atoms with E-state index in [4.69, 9.17) is 0 Å². The molecule has 0 nitrogen and oxygen atoms in total. The van der Waals surface area contributed by atoms with E-state index in [0.717, 1.165) is 12.8 Å². The molecule has 1 rings (SSSR count). The van der Waals surface area contributed by atoms with Gasteiger partial charge in [0.1, 0.15) is 0 Å². The highest BCUT2D eigenvalue weighted by atomic mass is 14.0. The molecule has 0 saturated carbocycles. The fraction of sp³-hybridized carbons (Fsp3) is 0.429. The van der Waals surface area contributed by atoms with Crippen LogP contribution in [0.25, 0.3) is 0 Å². The van der Waals surface area contributed by atoms with Crippen molar-refractivity contribution >= 4 is 0 Å². The largest absolute Gasteiger partial charge is 0.0990 e. The third-order valence-electron chi connectivity index (χ3n) is 2.16. The first-order valence-electron chi connectivity index (χ1n) is 8.41. The second-order valence-electron chi connectivity index (χ2n) is 3.35. The molecule has 1 aliphatic rings. The summed E-state index contributed by atoms with van der Waals surface area (Å²) in [4.78, 5) is 0. The second kappa shape index (κ2) is 23.5. The van der Waals surface area contributed by atoms with E-state index in [1.165, 1.54) is 11.1 Å². The molecule has 0 bridgehead atoms. The number of hydrogen-bond donors (Lipinski definition) is 0. The first-order chi connectivity index (χ1) is 10.4. The lowest BCUT2D eigenvalue weighted by molar-refractivity contribution is 1.22. The zero-order chi connectivity index (χ0) is 16.9. The molecule has 0 amide bonds. The normalized spacial score (nSPS) is 12.7. The average Bonchev–Trinajstić information content (AvgIpc) is 2.86. The van der Waals surface area contributed by atoms with Gasteiger partial charge in [0.25, 0.3) is 0 Å². The van der Waals surface area contributed by atoms with Gasteiger partial charge in [-0.15, -0.1) is 0 Å². The van der Waals surface area contributed by atoms with Gasteiger partial charge >= 0.3 is 0 Å². The predicted molar refractivity (Wildman–Crippen MR) is 103 cm³/mol. The third kappa shape index (κ3) is 14.7. The molecule has 0 aromatic carbocycles. The van der Waals surface area contributed by atoms with Crippen molar-refractivity contribution in [3.8, 4) is 0 Å². The van der Waals surface area contributed by atoms with Crippen LogP contribution in [0.15, 0.2) is 72.4 Å². The van der Waals surface area contributed by atoms with Crippen molar-refractivity contribution in [2.75, 3.05) is 0 Å². The van der Waals surface area contributed by atoms with Gasteiger partial charge in [0, 0.05) is 0 Å². The second-order valence-corrected chi connectivity index (χ2v) is 3.35. The first-order valence-corrected chi connectivity index (χ1v) is 8.41. The van der Waals surface area contributed by atoms with Crippen LogP contribution in [0.3, 0.4) is 0 Å². The zero-order valence-corrected chi connectivity index (χ0v) is 15.3. The minimum Gasteiger partial charge on any atom is -0.0990 e. The highest BCUT2D eigenvalue weighted by molar-refractivity contribution is 5.49. The van der Waals surface area contributed by atoms with E-state index in [1.54, 1.807) is 0 Å². The van der Waals surface area contributed by atoms with E-state index in [9.17, 15) is 0 Å². The summed E-state index contributed by atoms with van der Waals surface area (Å²) in [6.45, 7) is 17.9. The Balaban J connectivity index is -0.000000478. The molecule has 0 aromatic heterocycles. The van der Waals surface area contributed by atoms with E-state index in [2.05, 4.69) is 56.0 Å². The molecule has 21 heavy (non-hydrogen) atoms. The maximum atomic E-state index is 3.75. The van der Waals surface area contributed by atoms with Gasteiger partial charge in [-0.3, -0.25) is 0 Å². The molecule has 0 fully saturated rings. The van der Waals surface area contributed by atoms with Crippen molar-refractivity contribution in [3.63, 3.8) is 0 Å². The standard InChI is InChI=1S/C15H18.3C2H6/c1-3-5-11-14(10-4-2)15-12-8-6-7-9-13-15;3*1-2/h4-8,10-13H,2-3,9H2,1H3;3*1-2H3/b11-5?,14-10+;;;. The van der Waals surface area contributed by atoms with Crippen LogP contribution < -0.4 is 0 Å². The van der Waals surface area contributed by atoms with E-state index < -0.39 is 0 Å². The highest BCUT2D eigenvalue weighted by Gasteiger charge is 1.97. The highest BCUT2D eigenvalue weighted by Crippen LogP contribution is 2.17. The van der Waals surface area contributed by atoms with Crippen LogP contribution in [0.5, 0.6) is 0 Å². The third-order valence-corrected chi connectivity index (χ3v) is 2.16. The average molecular weight is 289 g/mol. The van der Waals surface area contributed by atoms with Crippen LogP contribution in [-0.2, 0) is 0 Å². The summed E-state index contributed by atoms with van der Waals surface area (Å²) in [6.07, 6.45) is 20.9. The molecule has 0 radical (unpaired) electrons. The SMILES string of the molecule is C=C/C=C(\C=CCC)C1=CCC=CC=C1.CC.CC.CC. The Bertz CT molecular complexity index is 346. The molecule has 0 unspecified atom stereocenters. The minimum atomic E-state index is 0.997. The lowest BCUT2D eigenvalue weighted by Crippen LogP contribution is -1.82. The Morgan fingerprint density at radius 2 is 1.71 bits per heavy atom. The molecule has 0 aliphatic heterocycles. The summed E-state index contributed by atoms with van der Waals surface area (Å²) in [5, 5.41) is 0. The van der Waals surface area contributed by atoms with E-state index in [0.29, 0.717) is 0 Å². The number of hydrogen-bond acceptors (Lipinski definition) is 0. The Labute approximate surface area is 134 Å². The quantitative estimate of drug-likeness (QED) is 0.467. The van der Waals surface area contributed by atoms with Crippen LogP contribution in [0.2, 0.25) is 0 Å². The fourth-order valence-electron chi connectivity index (χ4n) is 1.41. The van der Waals surface area contributed by atoms with Gasteiger partial charge in [0.2, 0.25) is 0 Å². The van der Waals surface area contributed by atoms with Crippen molar-refractivity contribution in [1.29, 1.82) is 0 Å². The van der Waals surface area contributed by atoms with Gasteiger partial charge in [0.15, 0.2) is 0 Å². The van der Waals surface area contributed by atoms with Crippen molar-refractivity contribution in [2.24, 2.45) is 0 Å². The summed E-state index contributed by atoms with van der Waals surface area (Å²) < 4.78 is 0. The van der Waals surface area contributed by atoms with Crippen LogP contribution in [0.4, 0.5) is 0 Å². The van der Waals surface area contributed by atoms with Gasteiger partial charge in [0.05, 0.1) is 0 Å². The minimum absolute atomic E-state index is 0.997. The molecule has 0 saturated heterocycles. The molecule has 0 heterocycles. The summed E-state index contributed by atoms with van der Waals surface area (Å²) in [5.41, 5.74) is 2.50. The van der Waals surface area contributed by atoms with Crippen LogP contribution >= 0.6 is 0 Å². The fourth-order valence-corrected chi connectivity index (χ4v) is 1.41. The molecule has 0 N–H and O–H groups in total. The van der Waals surface area contributed by atoms with Gasteiger partial charge in [-0.2, -0.15) is 0 Å². The Hall–Kier alpha value is -1.56. The summed E-state index contributed by atoms with van der Waals surface area (Å²) in [6, 6.07) is 0. The van der Waals surface area contributed by atoms with Gasteiger partial charge in [-0.05, 0) is 24.0 Å². The summed E-state index contributed by atoms with van der Waals surface area (Å²) >= 11 is 0. The van der Waals surface area contributed by atoms with Gasteiger partial charge in [-0.1, -0.05) is 110 Å². The molecule has 0 spiro atoms. The van der Waals surface area contributed by atoms with Crippen molar-refractivity contribution in [3.05, 3.63) is 72.4 Å². The van der Waals surface area contributed by atoms with Crippen molar-refractivity contribution in [1.82, 2.24) is 0 Å². The maximum Gasteiger partial charge on any atom is -0.0157 e. The lowest BCUT2D eigenvalue weighted by atomic mass is 10.0. The molecule has 0 heteroatoms. The van der Waals surface area contributed by atoms with Crippen molar-refractivity contribution in [2.45, 2.75) is 61.3 Å². The maximum absolute atomic E-state index is 3.75. The molecule has 0 aromatic rings. The Kier molecular flexibility index (Phi) is 27.4. The molecular weight excluding hydrogens is 252 g/mol. The van der Waals surface area contributed by atoms with Crippen molar-refractivity contribution < 1.29 is 0 Å². The molecule has 120 valence electrons. The summed E-state index contributed by atoms with van der Waals surface area (Å²) in [7, 11) is 0. The first kappa shape index (κ1) is 24.5. The van der Waals surface area contributed by atoms with Crippen LogP contribution in [0.1, 0.15) is 61.3 Å². The monoisotopic (exact) mass is 288 g/mol. The lowest BCUT2D eigenvalue weighted by Gasteiger charge is -2.02.